The molecule has 1 saturated heterocycles. The summed E-state index contributed by atoms with van der Waals surface area (Å²) in [6.45, 7) is 9.10. The maximum Gasteiger partial charge on any atom is -0.0151 e. The van der Waals surface area contributed by atoms with Crippen LogP contribution in [0.4, 0.5) is 0 Å². The SMILES string of the molecule is CCCCC=P1(C)C(C)C1CC. The summed E-state index contributed by atoms with van der Waals surface area (Å²) in [5, 5.41) is 0. The Labute approximate surface area is 77.7 Å². The third-order valence-electron chi connectivity index (χ3n) is 3.56. The number of rotatable bonds is 4. The highest BCUT2D eigenvalue weighted by Gasteiger charge is 2.46. The van der Waals surface area contributed by atoms with Crippen molar-refractivity contribution < 1.29 is 0 Å². The van der Waals surface area contributed by atoms with Gasteiger partial charge in [0.05, 0.1) is 0 Å². The van der Waals surface area contributed by atoms with Crippen LogP contribution in [-0.4, -0.2) is 23.8 Å². The molecule has 3 unspecified atom stereocenters. The van der Waals surface area contributed by atoms with Gasteiger partial charge in [0, 0.05) is 0 Å². The zero-order valence-electron chi connectivity index (χ0n) is 9.01. The van der Waals surface area contributed by atoms with Crippen molar-refractivity contribution in [2.24, 2.45) is 0 Å². The van der Waals surface area contributed by atoms with Crippen molar-refractivity contribution in [3.05, 3.63) is 0 Å². The van der Waals surface area contributed by atoms with E-state index in [2.05, 4.69) is 33.2 Å². The van der Waals surface area contributed by atoms with Crippen molar-refractivity contribution in [2.75, 3.05) is 6.66 Å². The first-order chi connectivity index (χ1) is 5.66. The highest BCUT2D eigenvalue weighted by atomic mass is 31.2. The van der Waals surface area contributed by atoms with Crippen molar-refractivity contribution >= 4 is 12.7 Å². The Kier molecular flexibility index (Phi) is 3.47. The van der Waals surface area contributed by atoms with Crippen molar-refractivity contribution in [1.82, 2.24) is 0 Å². The van der Waals surface area contributed by atoms with Gasteiger partial charge in [-0.25, -0.2) is 0 Å². The molecular formula is C11H23P. The lowest BCUT2D eigenvalue weighted by molar-refractivity contribution is 0.846. The minimum atomic E-state index is -0.522. The van der Waals surface area contributed by atoms with Crippen LogP contribution in [0, 0.1) is 0 Å². The molecule has 1 aliphatic heterocycles. The summed E-state index contributed by atoms with van der Waals surface area (Å²) in [6.07, 6.45) is 5.54. The Morgan fingerprint density at radius 3 is 2.42 bits per heavy atom. The fraction of sp³-hybridized carbons (Fsp3) is 0.909. The van der Waals surface area contributed by atoms with Gasteiger partial charge in [-0.1, -0.05) is 39.4 Å². The van der Waals surface area contributed by atoms with Crippen molar-refractivity contribution in [2.45, 2.75) is 57.8 Å². The zero-order chi connectivity index (χ0) is 9.19. The fourth-order valence-corrected chi connectivity index (χ4v) is 6.86. The predicted octanol–water partition coefficient (Wildman–Crippen LogP) is 3.81. The Bertz CT molecular complexity index is 193. The molecule has 0 bridgehead atoms. The Morgan fingerprint density at radius 1 is 1.33 bits per heavy atom. The van der Waals surface area contributed by atoms with Gasteiger partial charge >= 0.3 is 0 Å². The first kappa shape index (κ1) is 10.4. The lowest BCUT2D eigenvalue weighted by atomic mass is 10.3. The van der Waals surface area contributed by atoms with Crippen LogP contribution in [0.3, 0.4) is 0 Å². The molecule has 0 nitrogen and oxygen atoms in total. The highest BCUT2D eigenvalue weighted by molar-refractivity contribution is 7.82. The molecular weight excluding hydrogens is 163 g/mol. The first-order valence-corrected chi connectivity index (χ1v) is 7.81. The summed E-state index contributed by atoms with van der Waals surface area (Å²) >= 11 is 0. The van der Waals surface area contributed by atoms with Crippen molar-refractivity contribution in [1.29, 1.82) is 0 Å². The molecule has 0 aromatic rings. The van der Waals surface area contributed by atoms with E-state index in [9.17, 15) is 0 Å². The number of hydrogen-bond donors (Lipinski definition) is 0. The van der Waals surface area contributed by atoms with Crippen LogP contribution in [0.5, 0.6) is 0 Å². The number of unbranched alkanes of at least 4 members (excludes halogenated alkanes) is 2. The van der Waals surface area contributed by atoms with Gasteiger partial charge in [0.25, 0.3) is 0 Å². The van der Waals surface area contributed by atoms with Crippen LogP contribution in [0.15, 0.2) is 0 Å². The minimum Gasteiger partial charge on any atom is -0.105 e. The van der Waals surface area contributed by atoms with Crippen LogP contribution >= 0.6 is 6.89 Å². The first-order valence-electron chi connectivity index (χ1n) is 5.36. The fourth-order valence-electron chi connectivity index (χ4n) is 2.37. The molecule has 0 aromatic carbocycles. The van der Waals surface area contributed by atoms with Gasteiger partial charge in [-0.05, 0) is 30.8 Å². The van der Waals surface area contributed by atoms with E-state index in [1.54, 1.807) is 0 Å². The molecule has 0 aromatic heterocycles. The molecule has 1 heteroatoms. The summed E-state index contributed by atoms with van der Waals surface area (Å²) < 4.78 is 0. The van der Waals surface area contributed by atoms with Crippen LogP contribution in [0.25, 0.3) is 0 Å². The van der Waals surface area contributed by atoms with E-state index in [0.29, 0.717) is 0 Å². The van der Waals surface area contributed by atoms with Crippen LogP contribution < -0.4 is 0 Å². The van der Waals surface area contributed by atoms with E-state index >= 15 is 0 Å². The second-order valence-electron chi connectivity index (χ2n) is 4.26. The summed E-state index contributed by atoms with van der Waals surface area (Å²) in [7, 11) is 0. The molecule has 1 heterocycles. The Hall–Kier alpha value is 0.300. The summed E-state index contributed by atoms with van der Waals surface area (Å²) in [5.41, 5.74) is 2.15. The molecule has 0 aliphatic carbocycles. The summed E-state index contributed by atoms with van der Waals surface area (Å²) in [5.74, 6) is 2.69. The van der Waals surface area contributed by atoms with Gasteiger partial charge in [-0.15, -0.1) is 6.89 Å². The topological polar surface area (TPSA) is 0 Å². The largest absolute Gasteiger partial charge is 0.105 e. The molecule has 1 fully saturated rings. The van der Waals surface area contributed by atoms with Gasteiger partial charge in [0.15, 0.2) is 0 Å². The second-order valence-corrected chi connectivity index (χ2v) is 8.55. The van der Waals surface area contributed by atoms with Gasteiger partial charge in [-0.2, -0.15) is 0 Å². The molecule has 0 spiro atoms. The second kappa shape index (κ2) is 4.01. The van der Waals surface area contributed by atoms with E-state index < -0.39 is 6.89 Å². The van der Waals surface area contributed by atoms with E-state index in [1.807, 2.05) is 0 Å². The lowest BCUT2D eigenvalue weighted by Gasteiger charge is -1.98. The third kappa shape index (κ3) is 1.79. The van der Waals surface area contributed by atoms with Gasteiger partial charge < -0.3 is 0 Å². The molecule has 72 valence electrons. The normalized spacial score (nSPS) is 39.7. The maximum absolute atomic E-state index is 2.69. The van der Waals surface area contributed by atoms with Crippen LogP contribution in [-0.2, 0) is 0 Å². The number of hydrogen-bond acceptors (Lipinski definition) is 0. The van der Waals surface area contributed by atoms with E-state index in [4.69, 9.17) is 0 Å². The van der Waals surface area contributed by atoms with Crippen LogP contribution in [0.2, 0.25) is 0 Å². The van der Waals surface area contributed by atoms with E-state index in [0.717, 1.165) is 11.3 Å². The predicted molar refractivity (Wildman–Crippen MR) is 62.0 cm³/mol. The third-order valence-corrected chi connectivity index (χ3v) is 8.61. The lowest BCUT2D eigenvalue weighted by Crippen LogP contribution is -1.82. The minimum absolute atomic E-state index is 0.522. The van der Waals surface area contributed by atoms with E-state index in [-0.39, 0.29) is 0 Å². The smallest absolute Gasteiger partial charge is 0.0151 e. The summed E-state index contributed by atoms with van der Waals surface area (Å²) in [4.78, 5) is 0. The average molecular weight is 186 g/mol. The molecule has 3 atom stereocenters. The molecule has 1 rings (SSSR count). The summed E-state index contributed by atoms with van der Waals surface area (Å²) in [6, 6.07) is 0. The van der Waals surface area contributed by atoms with Gasteiger partial charge in [0.2, 0.25) is 0 Å². The Morgan fingerprint density at radius 2 is 2.00 bits per heavy atom. The molecule has 0 N–H and O–H groups in total. The quantitative estimate of drug-likeness (QED) is 0.462. The molecule has 1 aliphatic rings. The average Bonchev–Trinajstić information content (AvgIpc) is 2.55. The molecule has 0 saturated carbocycles. The molecule has 0 amide bonds. The highest BCUT2D eigenvalue weighted by Crippen LogP contribution is 2.73. The maximum atomic E-state index is 2.69. The van der Waals surface area contributed by atoms with Gasteiger partial charge in [0.1, 0.15) is 0 Å². The van der Waals surface area contributed by atoms with E-state index in [1.165, 1.54) is 25.7 Å². The van der Waals surface area contributed by atoms with Crippen LogP contribution in [0.1, 0.15) is 46.5 Å². The van der Waals surface area contributed by atoms with Gasteiger partial charge in [-0.3, -0.25) is 0 Å². The van der Waals surface area contributed by atoms with Crippen molar-refractivity contribution in [3.8, 4) is 0 Å². The van der Waals surface area contributed by atoms with Crippen molar-refractivity contribution in [3.63, 3.8) is 0 Å². The molecule has 0 radical (unpaired) electrons. The Balaban J connectivity index is 2.45. The monoisotopic (exact) mass is 186 g/mol. The zero-order valence-corrected chi connectivity index (χ0v) is 9.90. The molecule has 12 heavy (non-hydrogen) atoms. The standard InChI is InChI=1S/C11H23P/c1-5-7-8-9-12(4)10(3)11(12)6-2/h9-11H,5-8H2,1-4H3.